The highest BCUT2D eigenvalue weighted by atomic mass is 16.6. The fraction of sp³-hybridized carbons (Fsp3) is 0.706. The number of hydrogen-bond donors (Lipinski definition) is 0. The topological polar surface area (TPSA) is 29.5 Å². The maximum Gasteiger partial charge on any atom is 0.414 e. The van der Waals surface area contributed by atoms with Crippen LogP contribution in [0.2, 0.25) is 0 Å². The lowest BCUT2D eigenvalue weighted by molar-refractivity contribution is 0.0299. The maximum atomic E-state index is 12.4. The van der Waals surface area contributed by atoms with Gasteiger partial charge < -0.3 is 4.74 Å². The number of amides is 1. The molecular weight excluding hydrogens is 250 g/mol. The minimum atomic E-state index is -0.438. The standard InChI is InChI=1S/C17H27NO2/c1-13-10-11-18(16(19)20-17(2,3)4)15(12-13)14-8-6-5-7-9-14/h8,12-13H,5-7,9-11H2,1-4H3. The van der Waals surface area contributed by atoms with Gasteiger partial charge in [0.05, 0.1) is 0 Å². The van der Waals surface area contributed by atoms with Crippen LogP contribution in [0.25, 0.3) is 0 Å². The third-order valence-electron chi connectivity index (χ3n) is 3.78. The molecule has 1 unspecified atom stereocenters. The van der Waals surface area contributed by atoms with Crippen LogP contribution in [-0.4, -0.2) is 23.1 Å². The molecule has 1 atom stereocenters. The molecule has 0 bridgehead atoms. The Morgan fingerprint density at radius 2 is 2.10 bits per heavy atom. The summed E-state index contributed by atoms with van der Waals surface area (Å²) in [5.74, 6) is 0.534. The second-order valence-electron chi connectivity index (χ2n) is 6.92. The highest BCUT2D eigenvalue weighted by molar-refractivity contribution is 5.72. The molecule has 0 spiro atoms. The minimum absolute atomic E-state index is 0.206. The van der Waals surface area contributed by atoms with Crippen LogP contribution >= 0.6 is 0 Å². The van der Waals surface area contributed by atoms with Crippen LogP contribution in [0.15, 0.2) is 23.4 Å². The van der Waals surface area contributed by atoms with Gasteiger partial charge in [-0.05, 0) is 64.4 Å². The molecule has 0 fully saturated rings. The van der Waals surface area contributed by atoms with E-state index in [9.17, 15) is 4.79 Å². The summed E-state index contributed by atoms with van der Waals surface area (Å²) in [6, 6.07) is 0. The molecule has 0 aromatic carbocycles. The molecule has 3 nitrogen and oxygen atoms in total. The predicted molar refractivity (Wildman–Crippen MR) is 81.4 cm³/mol. The maximum absolute atomic E-state index is 12.4. The van der Waals surface area contributed by atoms with Crippen LogP contribution in [0.1, 0.15) is 59.8 Å². The molecule has 1 heterocycles. The van der Waals surface area contributed by atoms with Crippen molar-refractivity contribution in [2.24, 2.45) is 5.92 Å². The lowest BCUT2D eigenvalue weighted by atomic mass is 9.91. The first kappa shape index (κ1) is 15.1. The van der Waals surface area contributed by atoms with Crippen molar-refractivity contribution >= 4 is 6.09 Å². The Kier molecular flexibility index (Phi) is 4.56. The molecule has 0 N–H and O–H groups in total. The van der Waals surface area contributed by atoms with Crippen LogP contribution in [0.5, 0.6) is 0 Å². The summed E-state index contributed by atoms with van der Waals surface area (Å²) in [4.78, 5) is 14.2. The lowest BCUT2D eigenvalue weighted by Gasteiger charge is -2.34. The molecule has 0 saturated heterocycles. The van der Waals surface area contributed by atoms with Crippen molar-refractivity contribution < 1.29 is 9.53 Å². The lowest BCUT2D eigenvalue weighted by Crippen LogP contribution is -2.39. The quantitative estimate of drug-likeness (QED) is 0.698. The number of carbonyl (C=O) groups is 1. The van der Waals surface area contributed by atoms with E-state index in [0.29, 0.717) is 5.92 Å². The van der Waals surface area contributed by atoms with E-state index in [2.05, 4.69) is 19.1 Å². The highest BCUT2D eigenvalue weighted by Gasteiger charge is 2.29. The van der Waals surface area contributed by atoms with E-state index < -0.39 is 5.60 Å². The summed E-state index contributed by atoms with van der Waals surface area (Å²) in [5, 5.41) is 0. The zero-order valence-corrected chi connectivity index (χ0v) is 13.2. The number of carbonyl (C=O) groups excluding carboxylic acids is 1. The smallest absolute Gasteiger partial charge is 0.414 e. The zero-order chi connectivity index (χ0) is 14.8. The van der Waals surface area contributed by atoms with E-state index in [1.165, 1.54) is 18.4 Å². The summed E-state index contributed by atoms with van der Waals surface area (Å²) in [6.45, 7) is 8.73. The third-order valence-corrected chi connectivity index (χ3v) is 3.78. The molecule has 0 aromatic rings. The van der Waals surface area contributed by atoms with E-state index in [4.69, 9.17) is 4.74 Å². The van der Waals surface area contributed by atoms with Gasteiger partial charge in [-0.2, -0.15) is 0 Å². The predicted octanol–water partition coefficient (Wildman–Crippen LogP) is 4.65. The Hall–Kier alpha value is -1.25. The van der Waals surface area contributed by atoms with Crippen LogP contribution < -0.4 is 0 Å². The Bertz CT molecular complexity index is 429. The largest absolute Gasteiger partial charge is 0.443 e. The fourth-order valence-electron chi connectivity index (χ4n) is 2.75. The Morgan fingerprint density at radius 1 is 1.35 bits per heavy atom. The van der Waals surface area contributed by atoms with Gasteiger partial charge in [0.25, 0.3) is 0 Å². The molecule has 2 aliphatic rings. The first-order valence-corrected chi connectivity index (χ1v) is 7.78. The summed E-state index contributed by atoms with van der Waals surface area (Å²) in [7, 11) is 0. The first-order chi connectivity index (χ1) is 9.37. The van der Waals surface area contributed by atoms with E-state index in [1.807, 2.05) is 25.7 Å². The van der Waals surface area contributed by atoms with Crippen molar-refractivity contribution in [3.05, 3.63) is 23.4 Å². The molecule has 1 amide bonds. The minimum Gasteiger partial charge on any atom is -0.443 e. The van der Waals surface area contributed by atoms with Crippen molar-refractivity contribution in [3.63, 3.8) is 0 Å². The van der Waals surface area contributed by atoms with Gasteiger partial charge >= 0.3 is 6.09 Å². The highest BCUT2D eigenvalue weighted by Crippen LogP contribution is 2.32. The zero-order valence-electron chi connectivity index (χ0n) is 13.2. The second kappa shape index (κ2) is 6.02. The number of allylic oxidation sites excluding steroid dienone is 3. The second-order valence-corrected chi connectivity index (χ2v) is 6.92. The average Bonchev–Trinajstić information content (AvgIpc) is 2.37. The molecule has 1 aliphatic heterocycles. The van der Waals surface area contributed by atoms with Crippen molar-refractivity contribution in [3.8, 4) is 0 Å². The molecule has 0 saturated carbocycles. The molecule has 20 heavy (non-hydrogen) atoms. The van der Waals surface area contributed by atoms with Crippen LogP contribution in [-0.2, 0) is 4.74 Å². The molecule has 0 radical (unpaired) electrons. The Labute approximate surface area is 122 Å². The molecule has 112 valence electrons. The van der Waals surface area contributed by atoms with E-state index in [0.717, 1.165) is 31.5 Å². The monoisotopic (exact) mass is 277 g/mol. The molecule has 0 aromatic heterocycles. The van der Waals surface area contributed by atoms with Gasteiger partial charge in [-0.25, -0.2) is 4.79 Å². The van der Waals surface area contributed by atoms with Gasteiger partial charge in [0.2, 0.25) is 0 Å². The number of hydrogen-bond acceptors (Lipinski definition) is 2. The van der Waals surface area contributed by atoms with Gasteiger partial charge in [0, 0.05) is 12.2 Å². The number of ether oxygens (including phenoxy) is 1. The number of rotatable bonds is 1. The third kappa shape index (κ3) is 3.87. The van der Waals surface area contributed by atoms with Gasteiger partial charge in [-0.3, -0.25) is 4.90 Å². The van der Waals surface area contributed by atoms with Gasteiger partial charge in [-0.15, -0.1) is 0 Å². The molecule has 3 heteroatoms. The average molecular weight is 277 g/mol. The molecule has 1 aliphatic carbocycles. The van der Waals surface area contributed by atoms with Gasteiger partial charge in [-0.1, -0.05) is 19.1 Å². The summed E-state index contributed by atoms with van der Waals surface area (Å²) in [5.41, 5.74) is 1.98. The van der Waals surface area contributed by atoms with Gasteiger partial charge in [0.15, 0.2) is 0 Å². The van der Waals surface area contributed by atoms with E-state index in [-0.39, 0.29) is 6.09 Å². The SMILES string of the molecule is CC1C=C(C2=CCCCC2)N(C(=O)OC(C)(C)C)CC1. The van der Waals surface area contributed by atoms with Crippen LogP contribution in [0, 0.1) is 5.92 Å². The van der Waals surface area contributed by atoms with Crippen LogP contribution in [0.4, 0.5) is 4.79 Å². The van der Waals surface area contributed by atoms with Crippen molar-refractivity contribution in [1.82, 2.24) is 4.90 Å². The first-order valence-electron chi connectivity index (χ1n) is 7.78. The summed E-state index contributed by atoms with van der Waals surface area (Å²) < 4.78 is 5.55. The van der Waals surface area contributed by atoms with E-state index >= 15 is 0 Å². The fourth-order valence-corrected chi connectivity index (χ4v) is 2.75. The van der Waals surface area contributed by atoms with Crippen molar-refractivity contribution in [2.45, 2.75) is 65.4 Å². The molecular formula is C17H27NO2. The van der Waals surface area contributed by atoms with Crippen molar-refractivity contribution in [1.29, 1.82) is 0 Å². The summed E-state index contributed by atoms with van der Waals surface area (Å²) >= 11 is 0. The van der Waals surface area contributed by atoms with Crippen LogP contribution in [0.3, 0.4) is 0 Å². The van der Waals surface area contributed by atoms with E-state index in [1.54, 1.807) is 0 Å². The van der Waals surface area contributed by atoms with Gasteiger partial charge in [0.1, 0.15) is 5.60 Å². The Balaban J connectivity index is 2.20. The van der Waals surface area contributed by atoms with Crippen molar-refractivity contribution in [2.75, 3.05) is 6.54 Å². The normalized spacial score (nSPS) is 24.0. The summed E-state index contributed by atoms with van der Waals surface area (Å²) in [6.07, 6.45) is 10.0. The molecule has 2 rings (SSSR count). The number of nitrogens with zero attached hydrogens (tertiary/aromatic N) is 1. The Morgan fingerprint density at radius 3 is 2.70 bits per heavy atom.